The van der Waals surface area contributed by atoms with Crippen LogP contribution in [-0.2, 0) is 4.79 Å². The molecule has 0 spiro atoms. The first kappa shape index (κ1) is 14.4. The van der Waals surface area contributed by atoms with Gasteiger partial charge in [0.15, 0.2) is 0 Å². The molecule has 1 heteroatoms. The zero-order valence-electron chi connectivity index (χ0n) is 11.0. The van der Waals surface area contributed by atoms with Gasteiger partial charge in [0, 0.05) is 12.3 Å². The molecule has 0 rings (SSSR count). The molecule has 0 aliphatic carbocycles. The molecule has 0 saturated heterocycles. The second-order valence-corrected chi connectivity index (χ2v) is 5.85. The summed E-state index contributed by atoms with van der Waals surface area (Å²) in [6.07, 6.45) is 4.49. The first-order valence-corrected chi connectivity index (χ1v) is 5.92. The van der Waals surface area contributed by atoms with Gasteiger partial charge in [-0.2, -0.15) is 0 Å². The van der Waals surface area contributed by atoms with Gasteiger partial charge < -0.3 is 0 Å². The Kier molecular flexibility index (Phi) is 5.85. The smallest absolute Gasteiger partial charge is 0.136 e. The van der Waals surface area contributed by atoms with Crippen molar-refractivity contribution in [2.45, 2.75) is 53.9 Å². The van der Waals surface area contributed by atoms with Crippen LogP contribution in [0.15, 0.2) is 12.7 Å². The molecule has 0 N–H and O–H groups in total. The largest absolute Gasteiger partial charge is 0.299 e. The first-order valence-electron chi connectivity index (χ1n) is 5.92. The van der Waals surface area contributed by atoms with Gasteiger partial charge in [0.2, 0.25) is 0 Å². The summed E-state index contributed by atoms with van der Waals surface area (Å²) in [6.45, 7) is 14.4. The summed E-state index contributed by atoms with van der Waals surface area (Å²) in [5, 5.41) is 0. The molecule has 0 saturated carbocycles. The van der Waals surface area contributed by atoms with E-state index in [0.29, 0.717) is 18.1 Å². The van der Waals surface area contributed by atoms with E-state index in [1.54, 1.807) is 0 Å². The predicted molar refractivity (Wildman–Crippen MR) is 66.8 cm³/mol. The van der Waals surface area contributed by atoms with Crippen LogP contribution in [-0.4, -0.2) is 5.78 Å². The summed E-state index contributed by atoms with van der Waals surface area (Å²) in [5.74, 6) is 1.06. The average Bonchev–Trinajstić information content (AvgIpc) is 2.00. The second kappa shape index (κ2) is 6.09. The van der Waals surface area contributed by atoms with E-state index in [0.717, 1.165) is 12.8 Å². The highest BCUT2D eigenvalue weighted by Gasteiger charge is 2.30. The molecule has 0 aliphatic heterocycles. The zero-order valence-corrected chi connectivity index (χ0v) is 11.0. The summed E-state index contributed by atoms with van der Waals surface area (Å²) < 4.78 is 0. The van der Waals surface area contributed by atoms with E-state index in [4.69, 9.17) is 0 Å². The quantitative estimate of drug-likeness (QED) is 0.600. The standard InChI is InChI=1S/C14H26O/c1-7-8-9-12(14(4,5)6)13(15)10-11(2)3/h7,11-12H,1,8-10H2,2-6H3. The molecule has 1 atom stereocenters. The summed E-state index contributed by atoms with van der Waals surface area (Å²) in [6, 6.07) is 0. The third-order valence-corrected chi connectivity index (χ3v) is 2.70. The number of ketones is 1. The number of rotatable bonds is 6. The minimum absolute atomic E-state index is 0.0784. The Labute approximate surface area is 95.0 Å². The Hall–Kier alpha value is -0.590. The molecule has 1 nitrogen and oxygen atoms in total. The van der Waals surface area contributed by atoms with E-state index in [2.05, 4.69) is 41.2 Å². The van der Waals surface area contributed by atoms with Crippen molar-refractivity contribution in [3.63, 3.8) is 0 Å². The van der Waals surface area contributed by atoms with Crippen molar-refractivity contribution in [1.29, 1.82) is 0 Å². The molecule has 0 fully saturated rings. The van der Waals surface area contributed by atoms with Gasteiger partial charge >= 0.3 is 0 Å². The van der Waals surface area contributed by atoms with Gasteiger partial charge in [0.25, 0.3) is 0 Å². The predicted octanol–water partition coefficient (Wildman–Crippen LogP) is 4.23. The third kappa shape index (κ3) is 5.76. The third-order valence-electron chi connectivity index (χ3n) is 2.70. The lowest BCUT2D eigenvalue weighted by molar-refractivity contribution is -0.127. The van der Waals surface area contributed by atoms with Crippen molar-refractivity contribution in [1.82, 2.24) is 0 Å². The summed E-state index contributed by atoms with van der Waals surface area (Å²) in [7, 11) is 0. The van der Waals surface area contributed by atoms with Crippen LogP contribution in [0.5, 0.6) is 0 Å². The highest BCUT2D eigenvalue weighted by atomic mass is 16.1. The highest BCUT2D eigenvalue weighted by molar-refractivity contribution is 5.81. The molecular weight excluding hydrogens is 184 g/mol. The first-order chi connectivity index (χ1) is 6.79. The molecule has 88 valence electrons. The van der Waals surface area contributed by atoms with E-state index in [1.165, 1.54) is 0 Å². The Balaban J connectivity index is 4.48. The average molecular weight is 210 g/mol. The second-order valence-electron chi connectivity index (χ2n) is 5.85. The van der Waals surface area contributed by atoms with Crippen LogP contribution in [0.1, 0.15) is 53.9 Å². The number of carbonyl (C=O) groups is 1. The van der Waals surface area contributed by atoms with Gasteiger partial charge in [0.1, 0.15) is 5.78 Å². The highest BCUT2D eigenvalue weighted by Crippen LogP contribution is 2.32. The lowest BCUT2D eigenvalue weighted by Crippen LogP contribution is -2.29. The van der Waals surface area contributed by atoms with Crippen LogP contribution in [0.25, 0.3) is 0 Å². The minimum atomic E-state index is 0.0784. The number of Topliss-reactive ketones (excluding diaryl/α,β-unsaturated/α-hetero) is 1. The normalized spacial score (nSPS) is 14.0. The van der Waals surface area contributed by atoms with Crippen LogP contribution >= 0.6 is 0 Å². The zero-order chi connectivity index (χ0) is 12.1. The molecule has 0 radical (unpaired) electrons. The van der Waals surface area contributed by atoms with Gasteiger partial charge in [-0.1, -0.05) is 40.7 Å². The van der Waals surface area contributed by atoms with Crippen molar-refractivity contribution >= 4 is 5.78 Å². The summed E-state index contributed by atoms with van der Waals surface area (Å²) in [4.78, 5) is 12.1. The molecule has 0 aromatic carbocycles. The van der Waals surface area contributed by atoms with Gasteiger partial charge in [0.05, 0.1) is 0 Å². The van der Waals surface area contributed by atoms with E-state index >= 15 is 0 Å². The number of allylic oxidation sites excluding steroid dienone is 1. The molecule has 0 aromatic heterocycles. The lowest BCUT2D eigenvalue weighted by Gasteiger charge is -2.29. The van der Waals surface area contributed by atoms with Gasteiger partial charge in [-0.3, -0.25) is 4.79 Å². The number of carbonyl (C=O) groups excluding carboxylic acids is 1. The number of hydrogen-bond donors (Lipinski definition) is 0. The fraction of sp³-hybridized carbons (Fsp3) is 0.786. The molecule has 15 heavy (non-hydrogen) atoms. The van der Waals surface area contributed by atoms with Crippen molar-refractivity contribution in [2.24, 2.45) is 17.3 Å². The molecule has 1 unspecified atom stereocenters. The molecule has 0 aliphatic rings. The molecule has 0 aromatic rings. The number of hydrogen-bond acceptors (Lipinski definition) is 1. The van der Waals surface area contributed by atoms with Crippen molar-refractivity contribution < 1.29 is 4.79 Å². The van der Waals surface area contributed by atoms with E-state index in [-0.39, 0.29) is 11.3 Å². The van der Waals surface area contributed by atoms with E-state index < -0.39 is 0 Å². The minimum Gasteiger partial charge on any atom is -0.299 e. The summed E-state index contributed by atoms with van der Waals surface area (Å²) >= 11 is 0. The van der Waals surface area contributed by atoms with Crippen LogP contribution in [0.2, 0.25) is 0 Å². The van der Waals surface area contributed by atoms with Crippen LogP contribution in [0.3, 0.4) is 0 Å². The summed E-state index contributed by atoms with van der Waals surface area (Å²) in [5.41, 5.74) is 0.0784. The Morgan fingerprint density at radius 1 is 1.33 bits per heavy atom. The van der Waals surface area contributed by atoms with Crippen LogP contribution < -0.4 is 0 Å². The molecular formula is C14H26O. The van der Waals surface area contributed by atoms with Crippen molar-refractivity contribution in [3.05, 3.63) is 12.7 Å². The maximum atomic E-state index is 12.1. The maximum Gasteiger partial charge on any atom is 0.136 e. The fourth-order valence-electron chi connectivity index (χ4n) is 1.91. The van der Waals surface area contributed by atoms with Gasteiger partial charge in [-0.15, -0.1) is 6.58 Å². The van der Waals surface area contributed by atoms with Crippen molar-refractivity contribution in [3.8, 4) is 0 Å². The van der Waals surface area contributed by atoms with Gasteiger partial charge in [-0.25, -0.2) is 0 Å². The monoisotopic (exact) mass is 210 g/mol. The van der Waals surface area contributed by atoms with Crippen molar-refractivity contribution in [2.75, 3.05) is 0 Å². The van der Waals surface area contributed by atoms with E-state index in [9.17, 15) is 4.79 Å². The Morgan fingerprint density at radius 3 is 2.20 bits per heavy atom. The van der Waals surface area contributed by atoms with Crippen LogP contribution in [0.4, 0.5) is 0 Å². The SMILES string of the molecule is C=CCCC(C(=O)CC(C)C)C(C)(C)C. The molecule has 0 heterocycles. The lowest BCUT2D eigenvalue weighted by atomic mass is 9.74. The molecule has 0 bridgehead atoms. The maximum absolute atomic E-state index is 12.1. The van der Waals surface area contributed by atoms with Gasteiger partial charge in [-0.05, 0) is 24.2 Å². The topological polar surface area (TPSA) is 17.1 Å². The Morgan fingerprint density at radius 2 is 1.87 bits per heavy atom. The fourth-order valence-corrected chi connectivity index (χ4v) is 1.91. The Bertz CT molecular complexity index is 208. The van der Waals surface area contributed by atoms with E-state index in [1.807, 2.05) is 6.08 Å². The molecule has 0 amide bonds. The van der Waals surface area contributed by atoms with Crippen LogP contribution in [0, 0.1) is 17.3 Å².